The zero-order valence-electron chi connectivity index (χ0n) is 10.8. The monoisotopic (exact) mass is 232 g/mol. The van der Waals surface area contributed by atoms with E-state index >= 15 is 0 Å². The van der Waals surface area contributed by atoms with Gasteiger partial charge in [0.05, 0.1) is 0 Å². The SMILES string of the molecule is CC1CCCCCC1NCc1ccccc1N. The van der Waals surface area contributed by atoms with Crippen LogP contribution in [0.5, 0.6) is 0 Å². The summed E-state index contributed by atoms with van der Waals surface area (Å²) in [6, 6.07) is 8.81. The number of nitrogen functional groups attached to an aromatic ring is 1. The highest BCUT2D eigenvalue weighted by Crippen LogP contribution is 2.23. The Morgan fingerprint density at radius 2 is 1.94 bits per heavy atom. The van der Waals surface area contributed by atoms with E-state index in [2.05, 4.69) is 24.4 Å². The van der Waals surface area contributed by atoms with Crippen molar-refractivity contribution in [3.8, 4) is 0 Å². The first-order valence-electron chi connectivity index (χ1n) is 6.84. The van der Waals surface area contributed by atoms with Crippen LogP contribution in [0.3, 0.4) is 0 Å². The Labute approximate surface area is 105 Å². The minimum absolute atomic E-state index is 0.664. The maximum Gasteiger partial charge on any atom is 0.0359 e. The first-order valence-corrected chi connectivity index (χ1v) is 6.84. The summed E-state index contributed by atoms with van der Waals surface area (Å²) in [5.41, 5.74) is 8.09. The smallest absolute Gasteiger partial charge is 0.0359 e. The minimum Gasteiger partial charge on any atom is -0.398 e. The number of hydrogen-bond acceptors (Lipinski definition) is 2. The van der Waals surface area contributed by atoms with Crippen LogP contribution >= 0.6 is 0 Å². The number of nitrogens with two attached hydrogens (primary N) is 1. The van der Waals surface area contributed by atoms with Crippen LogP contribution < -0.4 is 11.1 Å². The zero-order valence-corrected chi connectivity index (χ0v) is 10.8. The van der Waals surface area contributed by atoms with Gasteiger partial charge in [-0.2, -0.15) is 0 Å². The van der Waals surface area contributed by atoms with E-state index in [4.69, 9.17) is 5.73 Å². The highest BCUT2D eigenvalue weighted by atomic mass is 14.9. The number of anilines is 1. The molecule has 0 saturated heterocycles. The summed E-state index contributed by atoms with van der Waals surface area (Å²) in [5, 5.41) is 3.69. The van der Waals surface area contributed by atoms with Gasteiger partial charge in [0, 0.05) is 18.3 Å². The normalized spacial score (nSPS) is 25.5. The van der Waals surface area contributed by atoms with Crippen LogP contribution in [0.25, 0.3) is 0 Å². The summed E-state index contributed by atoms with van der Waals surface area (Å²) in [7, 11) is 0. The average Bonchev–Trinajstić information content (AvgIpc) is 2.53. The molecule has 94 valence electrons. The van der Waals surface area contributed by atoms with Gasteiger partial charge in [-0.25, -0.2) is 0 Å². The van der Waals surface area contributed by atoms with Crippen LogP contribution in [0.4, 0.5) is 5.69 Å². The molecule has 1 fully saturated rings. The predicted molar refractivity (Wildman–Crippen MR) is 73.7 cm³/mol. The Morgan fingerprint density at radius 3 is 2.76 bits per heavy atom. The largest absolute Gasteiger partial charge is 0.398 e. The lowest BCUT2D eigenvalue weighted by Crippen LogP contribution is -2.33. The summed E-state index contributed by atoms with van der Waals surface area (Å²) < 4.78 is 0. The third-order valence-electron chi connectivity index (χ3n) is 3.97. The second kappa shape index (κ2) is 6.06. The molecule has 1 aliphatic rings. The highest BCUT2D eigenvalue weighted by Gasteiger charge is 2.19. The molecule has 2 unspecified atom stereocenters. The molecule has 1 aromatic carbocycles. The standard InChI is InChI=1S/C15H24N2/c1-12-7-3-2-4-10-15(12)17-11-13-8-5-6-9-14(13)16/h5-6,8-9,12,15,17H,2-4,7,10-11,16H2,1H3. The first-order chi connectivity index (χ1) is 8.27. The lowest BCUT2D eigenvalue weighted by Gasteiger charge is -2.23. The molecule has 0 bridgehead atoms. The van der Waals surface area contributed by atoms with Crippen molar-refractivity contribution in [2.75, 3.05) is 5.73 Å². The van der Waals surface area contributed by atoms with E-state index in [1.807, 2.05) is 12.1 Å². The summed E-state index contributed by atoms with van der Waals surface area (Å²) in [6.45, 7) is 3.28. The Kier molecular flexibility index (Phi) is 4.43. The third kappa shape index (κ3) is 3.47. The minimum atomic E-state index is 0.664. The van der Waals surface area contributed by atoms with Gasteiger partial charge in [0.1, 0.15) is 0 Å². The zero-order chi connectivity index (χ0) is 12.1. The highest BCUT2D eigenvalue weighted by molar-refractivity contribution is 5.46. The van der Waals surface area contributed by atoms with Gasteiger partial charge in [0.2, 0.25) is 0 Å². The quantitative estimate of drug-likeness (QED) is 0.619. The van der Waals surface area contributed by atoms with Gasteiger partial charge in [0.15, 0.2) is 0 Å². The Balaban J connectivity index is 1.90. The van der Waals surface area contributed by atoms with Crippen LogP contribution in [0.15, 0.2) is 24.3 Å². The summed E-state index contributed by atoms with van der Waals surface area (Å²) in [4.78, 5) is 0. The number of hydrogen-bond donors (Lipinski definition) is 2. The fraction of sp³-hybridized carbons (Fsp3) is 0.600. The molecule has 2 heteroatoms. The molecule has 1 saturated carbocycles. The van der Waals surface area contributed by atoms with Crippen molar-refractivity contribution >= 4 is 5.69 Å². The Bertz CT molecular complexity index is 349. The summed E-state index contributed by atoms with van der Waals surface area (Å²) in [6.07, 6.45) is 6.84. The fourth-order valence-corrected chi connectivity index (χ4v) is 2.73. The van der Waals surface area contributed by atoms with Crippen LogP contribution in [0.1, 0.15) is 44.6 Å². The van der Waals surface area contributed by atoms with Crippen LogP contribution in [0.2, 0.25) is 0 Å². The maximum atomic E-state index is 5.96. The lowest BCUT2D eigenvalue weighted by molar-refractivity contribution is 0.356. The van der Waals surface area contributed by atoms with Crippen molar-refractivity contribution in [2.45, 2.75) is 51.6 Å². The molecule has 0 amide bonds. The molecular formula is C15H24N2. The number of rotatable bonds is 3. The number of benzene rings is 1. The molecule has 3 N–H and O–H groups in total. The van der Waals surface area contributed by atoms with E-state index < -0.39 is 0 Å². The van der Waals surface area contributed by atoms with Gasteiger partial charge in [-0.3, -0.25) is 0 Å². The molecule has 2 atom stereocenters. The van der Waals surface area contributed by atoms with E-state index in [0.717, 1.165) is 18.2 Å². The predicted octanol–water partition coefficient (Wildman–Crippen LogP) is 3.33. The molecule has 2 nitrogen and oxygen atoms in total. The van der Waals surface area contributed by atoms with Crippen molar-refractivity contribution in [1.29, 1.82) is 0 Å². The van der Waals surface area contributed by atoms with Crippen molar-refractivity contribution in [2.24, 2.45) is 5.92 Å². The van der Waals surface area contributed by atoms with Gasteiger partial charge in [-0.1, -0.05) is 44.4 Å². The number of nitrogens with one attached hydrogen (secondary N) is 1. The van der Waals surface area contributed by atoms with Crippen molar-refractivity contribution in [3.63, 3.8) is 0 Å². The molecule has 2 rings (SSSR count). The molecular weight excluding hydrogens is 208 g/mol. The van der Waals surface area contributed by atoms with Gasteiger partial charge >= 0.3 is 0 Å². The van der Waals surface area contributed by atoms with Gasteiger partial charge in [0.25, 0.3) is 0 Å². The topological polar surface area (TPSA) is 38.0 Å². The molecule has 1 aliphatic carbocycles. The van der Waals surface area contributed by atoms with Crippen molar-refractivity contribution < 1.29 is 0 Å². The molecule has 17 heavy (non-hydrogen) atoms. The third-order valence-corrected chi connectivity index (χ3v) is 3.97. The van der Waals surface area contributed by atoms with Crippen molar-refractivity contribution in [3.05, 3.63) is 29.8 Å². The van der Waals surface area contributed by atoms with E-state index in [9.17, 15) is 0 Å². The van der Waals surface area contributed by atoms with E-state index in [0.29, 0.717) is 6.04 Å². The van der Waals surface area contributed by atoms with Crippen LogP contribution in [-0.4, -0.2) is 6.04 Å². The van der Waals surface area contributed by atoms with Gasteiger partial charge in [-0.05, 0) is 30.4 Å². The Morgan fingerprint density at radius 1 is 1.18 bits per heavy atom. The Hall–Kier alpha value is -1.02. The van der Waals surface area contributed by atoms with Gasteiger partial charge in [-0.15, -0.1) is 0 Å². The van der Waals surface area contributed by atoms with Crippen LogP contribution in [0, 0.1) is 5.92 Å². The molecule has 0 radical (unpaired) electrons. The first kappa shape index (κ1) is 12.4. The molecule has 0 aromatic heterocycles. The number of para-hydroxylation sites is 1. The summed E-state index contributed by atoms with van der Waals surface area (Å²) >= 11 is 0. The van der Waals surface area contributed by atoms with Gasteiger partial charge < -0.3 is 11.1 Å². The van der Waals surface area contributed by atoms with E-state index in [1.165, 1.54) is 37.7 Å². The van der Waals surface area contributed by atoms with E-state index in [-0.39, 0.29) is 0 Å². The lowest BCUT2D eigenvalue weighted by atomic mass is 9.96. The molecule has 1 aromatic rings. The fourth-order valence-electron chi connectivity index (χ4n) is 2.73. The molecule has 0 spiro atoms. The van der Waals surface area contributed by atoms with E-state index in [1.54, 1.807) is 0 Å². The second-order valence-corrected chi connectivity index (χ2v) is 5.30. The summed E-state index contributed by atoms with van der Waals surface area (Å²) in [5.74, 6) is 0.794. The molecule has 0 aliphatic heterocycles. The maximum absolute atomic E-state index is 5.96. The average molecular weight is 232 g/mol. The molecule has 0 heterocycles. The second-order valence-electron chi connectivity index (χ2n) is 5.30. The van der Waals surface area contributed by atoms with Crippen LogP contribution in [-0.2, 0) is 6.54 Å². The van der Waals surface area contributed by atoms with Crippen molar-refractivity contribution in [1.82, 2.24) is 5.32 Å².